The van der Waals surface area contributed by atoms with Crippen LogP contribution in [-0.4, -0.2) is 24.1 Å². The summed E-state index contributed by atoms with van der Waals surface area (Å²) < 4.78 is 0. The number of hydrogen-bond donors (Lipinski definition) is 2. The first kappa shape index (κ1) is 11.1. The van der Waals surface area contributed by atoms with E-state index in [4.69, 9.17) is 0 Å². The van der Waals surface area contributed by atoms with Crippen LogP contribution in [0.5, 0.6) is 0 Å². The zero-order chi connectivity index (χ0) is 10.2. The molecular weight excluding hydrogens is 174 g/mol. The second-order valence-electron chi connectivity index (χ2n) is 3.65. The van der Waals surface area contributed by atoms with E-state index in [1.807, 2.05) is 12.3 Å². The predicted molar refractivity (Wildman–Crippen MR) is 59.1 cm³/mol. The Morgan fingerprint density at radius 3 is 2.86 bits per heavy atom. The number of hydrogen-bond acceptors (Lipinski definition) is 3. The minimum absolute atomic E-state index is 0.565. The summed E-state index contributed by atoms with van der Waals surface area (Å²) in [5.41, 5.74) is 1.23. The summed E-state index contributed by atoms with van der Waals surface area (Å²) in [6, 6.07) is 4.61. The van der Waals surface area contributed by atoms with Crippen LogP contribution in [0.1, 0.15) is 19.4 Å². The average Bonchev–Trinajstić information content (AvgIpc) is 2.18. The first-order chi connectivity index (χ1) is 6.79. The van der Waals surface area contributed by atoms with Crippen LogP contribution in [0, 0.1) is 0 Å². The van der Waals surface area contributed by atoms with Gasteiger partial charge in [0.1, 0.15) is 0 Å². The van der Waals surface area contributed by atoms with Crippen molar-refractivity contribution in [1.29, 1.82) is 0 Å². The van der Waals surface area contributed by atoms with Crippen LogP contribution in [0.3, 0.4) is 0 Å². The van der Waals surface area contributed by atoms with Crippen molar-refractivity contribution in [2.75, 3.05) is 13.1 Å². The predicted octanol–water partition coefficient (Wildman–Crippen LogP) is 1.17. The molecule has 0 atom stereocenters. The first-order valence-corrected chi connectivity index (χ1v) is 5.12. The summed E-state index contributed by atoms with van der Waals surface area (Å²) in [7, 11) is 0. The van der Waals surface area contributed by atoms with E-state index in [2.05, 4.69) is 35.5 Å². The van der Waals surface area contributed by atoms with Gasteiger partial charge in [0.25, 0.3) is 0 Å². The molecule has 0 spiro atoms. The van der Waals surface area contributed by atoms with Crippen LogP contribution in [0.15, 0.2) is 24.5 Å². The van der Waals surface area contributed by atoms with E-state index in [-0.39, 0.29) is 0 Å². The molecule has 14 heavy (non-hydrogen) atoms. The number of aromatic nitrogens is 1. The fraction of sp³-hybridized carbons (Fsp3) is 0.545. The Labute approximate surface area is 85.9 Å². The molecule has 0 bridgehead atoms. The molecule has 1 rings (SSSR count). The van der Waals surface area contributed by atoms with Gasteiger partial charge in [0.05, 0.1) is 0 Å². The van der Waals surface area contributed by atoms with Gasteiger partial charge in [-0.25, -0.2) is 0 Å². The van der Waals surface area contributed by atoms with Gasteiger partial charge in [0.15, 0.2) is 0 Å². The van der Waals surface area contributed by atoms with E-state index < -0.39 is 0 Å². The van der Waals surface area contributed by atoms with Crippen LogP contribution >= 0.6 is 0 Å². The van der Waals surface area contributed by atoms with E-state index in [9.17, 15) is 0 Å². The molecule has 0 saturated carbocycles. The number of rotatable bonds is 6. The average molecular weight is 193 g/mol. The molecular formula is C11H19N3. The van der Waals surface area contributed by atoms with E-state index in [0.29, 0.717) is 6.04 Å². The van der Waals surface area contributed by atoms with Crippen molar-refractivity contribution in [2.45, 2.75) is 26.4 Å². The second kappa shape index (κ2) is 6.51. The van der Waals surface area contributed by atoms with Crippen molar-refractivity contribution >= 4 is 0 Å². The Balaban J connectivity index is 2.05. The molecule has 1 aromatic heterocycles. The smallest absolute Gasteiger partial charge is 0.0312 e. The van der Waals surface area contributed by atoms with Gasteiger partial charge in [-0.15, -0.1) is 0 Å². The molecule has 0 unspecified atom stereocenters. The van der Waals surface area contributed by atoms with E-state index in [1.54, 1.807) is 6.20 Å². The Bertz CT molecular complexity index is 234. The topological polar surface area (TPSA) is 37.0 Å². The fourth-order valence-electron chi connectivity index (χ4n) is 1.18. The van der Waals surface area contributed by atoms with Gasteiger partial charge in [-0.1, -0.05) is 19.9 Å². The monoisotopic (exact) mass is 193 g/mol. The third-order valence-electron chi connectivity index (χ3n) is 1.91. The van der Waals surface area contributed by atoms with Gasteiger partial charge < -0.3 is 10.6 Å². The van der Waals surface area contributed by atoms with E-state index in [1.165, 1.54) is 5.56 Å². The summed E-state index contributed by atoms with van der Waals surface area (Å²) in [6.07, 6.45) is 3.69. The molecule has 0 saturated heterocycles. The van der Waals surface area contributed by atoms with E-state index >= 15 is 0 Å². The minimum Gasteiger partial charge on any atom is -0.313 e. The summed E-state index contributed by atoms with van der Waals surface area (Å²) in [5.74, 6) is 0. The van der Waals surface area contributed by atoms with Crippen LogP contribution in [0.2, 0.25) is 0 Å². The van der Waals surface area contributed by atoms with Gasteiger partial charge in [-0.05, 0) is 11.6 Å². The van der Waals surface area contributed by atoms with Crippen molar-refractivity contribution in [3.63, 3.8) is 0 Å². The zero-order valence-electron chi connectivity index (χ0n) is 8.96. The summed E-state index contributed by atoms with van der Waals surface area (Å²) >= 11 is 0. The lowest BCUT2D eigenvalue weighted by atomic mass is 10.3. The van der Waals surface area contributed by atoms with Crippen molar-refractivity contribution < 1.29 is 0 Å². The maximum Gasteiger partial charge on any atom is 0.0312 e. The molecule has 0 fully saturated rings. The highest BCUT2D eigenvalue weighted by Gasteiger charge is 1.92. The third kappa shape index (κ3) is 4.94. The highest BCUT2D eigenvalue weighted by molar-refractivity contribution is 5.07. The maximum absolute atomic E-state index is 4.06. The van der Waals surface area contributed by atoms with Crippen molar-refractivity contribution in [2.24, 2.45) is 0 Å². The van der Waals surface area contributed by atoms with Crippen molar-refractivity contribution in [1.82, 2.24) is 15.6 Å². The van der Waals surface area contributed by atoms with Crippen LogP contribution < -0.4 is 10.6 Å². The van der Waals surface area contributed by atoms with Crippen molar-refractivity contribution in [3.05, 3.63) is 30.1 Å². The van der Waals surface area contributed by atoms with Crippen LogP contribution in [0.25, 0.3) is 0 Å². The quantitative estimate of drug-likeness (QED) is 0.666. The number of nitrogens with zero attached hydrogens (tertiary/aromatic N) is 1. The molecule has 0 aromatic carbocycles. The largest absolute Gasteiger partial charge is 0.313 e. The highest BCUT2D eigenvalue weighted by Crippen LogP contribution is 1.93. The molecule has 2 N–H and O–H groups in total. The lowest BCUT2D eigenvalue weighted by Crippen LogP contribution is -2.31. The molecule has 3 heteroatoms. The highest BCUT2D eigenvalue weighted by atomic mass is 15.0. The second-order valence-corrected chi connectivity index (χ2v) is 3.65. The van der Waals surface area contributed by atoms with Gasteiger partial charge >= 0.3 is 0 Å². The van der Waals surface area contributed by atoms with Crippen LogP contribution in [-0.2, 0) is 6.54 Å². The zero-order valence-corrected chi connectivity index (χ0v) is 8.96. The molecule has 0 aliphatic carbocycles. The molecule has 0 amide bonds. The SMILES string of the molecule is CC(C)NCCNCc1cccnc1. The Morgan fingerprint density at radius 2 is 2.21 bits per heavy atom. The minimum atomic E-state index is 0.565. The normalized spacial score (nSPS) is 10.8. The molecule has 78 valence electrons. The van der Waals surface area contributed by atoms with E-state index in [0.717, 1.165) is 19.6 Å². The van der Waals surface area contributed by atoms with Gasteiger partial charge in [-0.3, -0.25) is 4.98 Å². The molecule has 3 nitrogen and oxygen atoms in total. The maximum atomic E-state index is 4.06. The Kier molecular flexibility index (Phi) is 5.19. The summed E-state index contributed by atoms with van der Waals surface area (Å²) in [6.45, 7) is 7.21. The lowest BCUT2D eigenvalue weighted by Gasteiger charge is -2.08. The lowest BCUT2D eigenvalue weighted by molar-refractivity contribution is 0.555. The standard InChI is InChI=1S/C11H19N3/c1-10(2)14-7-6-13-9-11-4-3-5-12-8-11/h3-5,8,10,13-14H,6-7,9H2,1-2H3. The van der Waals surface area contributed by atoms with Gasteiger partial charge in [0.2, 0.25) is 0 Å². The third-order valence-corrected chi connectivity index (χ3v) is 1.91. The number of nitrogens with one attached hydrogen (secondary N) is 2. The fourth-order valence-corrected chi connectivity index (χ4v) is 1.18. The van der Waals surface area contributed by atoms with Gasteiger partial charge in [0, 0.05) is 38.1 Å². The molecule has 0 radical (unpaired) electrons. The summed E-state index contributed by atoms with van der Waals surface area (Å²) in [4.78, 5) is 4.06. The molecule has 1 aromatic rings. The molecule has 0 aliphatic rings. The molecule has 0 aliphatic heterocycles. The Morgan fingerprint density at radius 1 is 1.36 bits per heavy atom. The van der Waals surface area contributed by atoms with Crippen molar-refractivity contribution in [3.8, 4) is 0 Å². The number of pyridine rings is 1. The Hall–Kier alpha value is -0.930. The first-order valence-electron chi connectivity index (χ1n) is 5.12. The molecule has 1 heterocycles. The summed E-state index contributed by atoms with van der Waals surface area (Å²) in [5, 5.41) is 6.71. The van der Waals surface area contributed by atoms with Crippen LogP contribution in [0.4, 0.5) is 0 Å². The van der Waals surface area contributed by atoms with Gasteiger partial charge in [-0.2, -0.15) is 0 Å².